The molecule has 1 aliphatic heterocycles. The van der Waals surface area contributed by atoms with E-state index in [9.17, 15) is 0 Å². The molecule has 0 radical (unpaired) electrons. The molecule has 4 aromatic heterocycles. The molecule has 12 aromatic rings. The zero-order chi connectivity index (χ0) is 43.2. The van der Waals surface area contributed by atoms with E-state index < -0.39 is 0 Å². The highest BCUT2D eigenvalue weighted by Gasteiger charge is 2.33. The average Bonchev–Trinajstić information content (AvgIpc) is 4.06. The fourth-order valence-corrected chi connectivity index (χ4v) is 10.5. The second kappa shape index (κ2) is 13.1. The van der Waals surface area contributed by atoms with Crippen molar-refractivity contribution in [1.82, 2.24) is 4.57 Å². The molecule has 1 N–H and O–H groups in total. The summed E-state index contributed by atoms with van der Waals surface area (Å²) in [5.41, 5.74) is 19.3. The van der Waals surface area contributed by atoms with Crippen molar-refractivity contribution < 1.29 is 13.3 Å². The highest BCUT2D eigenvalue weighted by molar-refractivity contribution is 6.74. The number of fused-ring (bicyclic) bond motifs is 13. The van der Waals surface area contributed by atoms with E-state index >= 15 is 0 Å². The highest BCUT2D eigenvalue weighted by Crippen LogP contribution is 2.49. The third kappa shape index (κ3) is 5.38. The third-order valence-corrected chi connectivity index (χ3v) is 13.8. The molecule has 308 valence electrons. The molecular weight excluding hydrogens is 783 g/mol. The van der Waals surface area contributed by atoms with Crippen molar-refractivity contribution in [3.8, 4) is 27.9 Å². The van der Waals surface area contributed by atoms with Gasteiger partial charge in [-0.25, -0.2) is 0 Å². The molecule has 0 aliphatic carbocycles. The number of hydrogen-bond donors (Lipinski definition) is 1. The van der Waals surface area contributed by atoms with Gasteiger partial charge in [0.1, 0.15) is 27.9 Å². The largest absolute Gasteiger partial charge is 0.464 e. The molecule has 0 saturated heterocycles. The Kier molecular flexibility index (Phi) is 7.58. The fourth-order valence-electron chi connectivity index (χ4n) is 10.5. The summed E-state index contributed by atoms with van der Waals surface area (Å²) in [6.07, 6.45) is 1.92. The summed E-state index contributed by atoms with van der Waals surface area (Å²) >= 11 is 0. The Morgan fingerprint density at radius 3 is 2.00 bits per heavy atom. The first-order valence-corrected chi connectivity index (χ1v) is 22.4. The number of aromatic nitrogens is 1. The van der Waals surface area contributed by atoms with Crippen LogP contribution in [0.1, 0.15) is 52.7 Å². The van der Waals surface area contributed by atoms with Gasteiger partial charge >= 0.3 is 0 Å². The molecular formula is C58H45BN2O3. The first-order chi connectivity index (χ1) is 31.0. The van der Waals surface area contributed by atoms with Crippen LogP contribution in [0.2, 0.25) is 0 Å². The van der Waals surface area contributed by atoms with E-state index in [1.165, 1.54) is 33.0 Å². The summed E-state index contributed by atoms with van der Waals surface area (Å²) in [5, 5.41) is 11.7. The van der Waals surface area contributed by atoms with E-state index in [0.717, 1.165) is 105 Å². The second-order valence-electron chi connectivity index (χ2n) is 19.8. The highest BCUT2D eigenvalue weighted by atomic mass is 16.3. The number of para-hydroxylation sites is 2. The molecule has 0 unspecified atom stereocenters. The molecule has 0 amide bonds. The van der Waals surface area contributed by atoms with Crippen molar-refractivity contribution in [3.05, 3.63) is 163 Å². The van der Waals surface area contributed by atoms with Crippen LogP contribution in [0, 0.1) is 0 Å². The van der Waals surface area contributed by atoms with E-state index in [-0.39, 0.29) is 10.8 Å². The Morgan fingerprint density at radius 2 is 1.23 bits per heavy atom. The van der Waals surface area contributed by atoms with Crippen LogP contribution >= 0.6 is 0 Å². The summed E-state index contributed by atoms with van der Waals surface area (Å²) in [7, 11) is 0.695. The first kappa shape index (κ1) is 37.1. The second-order valence-corrected chi connectivity index (χ2v) is 19.8. The van der Waals surface area contributed by atoms with Crippen LogP contribution in [0.3, 0.4) is 0 Å². The van der Waals surface area contributed by atoms with Crippen LogP contribution in [0.15, 0.2) is 165 Å². The van der Waals surface area contributed by atoms with Gasteiger partial charge < -0.3 is 23.1 Å². The molecule has 5 nitrogen and oxygen atoms in total. The molecule has 0 atom stereocenters. The average molecular weight is 829 g/mol. The predicted octanol–water partition coefficient (Wildman–Crippen LogP) is 14.7. The molecule has 6 heteroatoms. The number of benzene rings is 8. The van der Waals surface area contributed by atoms with Gasteiger partial charge in [0.25, 0.3) is 0 Å². The van der Waals surface area contributed by atoms with Crippen LogP contribution in [0.5, 0.6) is 0 Å². The van der Waals surface area contributed by atoms with E-state index in [2.05, 4.69) is 191 Å². The van der Waals surface area contributed by atoms with Crippen molar-refractivity contribution in [3.63, 3.8) is 0 Å². The molecule has 1 aliphatic rings. The number of hydrogen-bond acceptors (Lipinski definition) is 4. The Bertz CT molecular complexity index is 3900. The monoisotopic (exact) mass is 828 g/mol. The van der Waals surface area contributed by atoms with Crippen LogP contribution < -0.4 is 16.2 Å². The van der Waals surface area contributed by atoms with Crippen molar-refractivity contribution >= 4 is 106 Å². The van der Waals surface area contributed by atoms with E-state index in [0.29, 0.717) is 7.28 Å². The van der Waals surface area contributed by atoms with Gasteiger partial charge in [-0.3, -0.25) is 0 Å². The molecule has 5 heterocycles. The van der Waals surface area contributed by atoms with Gasteiger partial charge in [-0.2, -0.15) is 0 Å². The maximum Gasteiger partial charge on any atom is 0.198 e. The molecule has 0 spiro atoms. The van der Waals surface area contributed by atoms with Crippen molar-refractivity contribution in [2.24, 2.45) is 0 Å². The molecule has 0 bridgehead atoms. The van der Waals surface area contributed by atoms with Crippen LogP contribution in [-0.4, -0.2) is 11.8 Å². The van der Waals surface area contributed by atoms with Gasteiger partial charge in [0.15, 0.2) is 7.28 Å². The van der Waals surface area contributed by atoms with E-state index in [1.807, 2.05) is 12.3 Å². The summed E-state index contributed by atoms with van der Waals surface area (Å²) in [5.74, 6) is 0. The standard InChI is InChI=1S/C58H45BN2O3/c1-57(2,3)33-20-23-35(24-21-33)60-44-30-50-38(36-16-10-12-18-47(36)63-50)27-40(44)51-52-37-17-11-13-19-48(37)64-56(52)53-41-26-34(58(4,5)6)22-25-45(41)61-46-28-39-42(32-14-8-7-9-15-32)31-62-49(39)29-43(46)59-54(51)55(53)61/h7-31,59-60H,1-6H3. The molecule has 13 rings (SSSR count). The summed E-state index contributed by atoms with van der Waals surface area (Å²) in [4.78, 5) is 0. The fraction of sp³-hybridized carbons (Fsp3) is 0.138. The normalized spacial score (nSPS) is 13.0. The van der Waals surface area contributed by atoms with Crippen molar-refractivity contribution in [2.45, 2.75) is 52.4 Å². The zero-order valence-corrected chi connectivity index (χ0v) is 36.8. The van der Waals surface area contributed by atoms with Crippen LogP contribution in [0.4, 0.5) is 11.4 Å². The van der Waals surface area contributed by atoms with Gasteiger partial charge in [-0.1, -0.05) is 132 Å². The molecule has 0 saturated carbocycles. The minimum Gasteiger partial charge on any atom is -0.464 e. The summed E-state index contributed by atoms with van der Waals surface area (Å²) < 4.78 is 22.8. The lowest BCUT2D eigenvalue weighted by molar-refractivity contribution is 0.590. The van der Waals surface area contributed by atoms with Gasteiger partial charge in [-0.05, 0) is 93.1 Å². The zero-order valence-electron chi connectivity index (χ0n) is 36.8. The smallest absolute Gasteiger partial charge is 0.198 e. The SMILES string of the molecule is CC(C)(C)c1ccc(Nc2cc3oc4ccccc4c3cc2-c2c3c4c(c5cc(C(C)(C)C)ccc5n4-c4cc5c(-c6ccccc6)coc5cc4B3)c3oc4ccccc4c23)cc1. The quantitative estimate of drug-likeness (QED) is 0.180. The maximum atomic E-state index is 7.20. The van der Waals surface area contributed by atoms with Gasteiger partial charge in [0, 0.05) is 60.9 Å². The Balaban J connectivity index is 1.19. The first-order valence-electron chi connectivity index (χ1n) is 22.4. The lowest BCUT2D eigenvalue weighted by Crippen LogP contribution is -2.37. The lowest BCUT2D eigenvalue weighted by atomic mass is 9.58. The third-order valence-electron chi connectivity index (χ3n) is 13.8. The molecule has 0 fully saturated rings. The topological polar surface area (TPSA) is 56.4 Å². The van der Waals surface area contributed by atoms with Gasteiger partial charge in [0.2, 0.25) is 0 Å². The Morgan fingerprint density at radius 1 is 0.531 bits per heavy atom. The number of nitrogens with one attached hydrogen (secondary N) is 1. The number of nitrogens with zero attached hydrogens (tertiary/aromatic N) is 1. The lowest BCUT2D eigenvalue weighted by Gasteiger charge is -2.25. The minimum absolute atomic E-state index is 0.0373. The number of rotatable bonds is 4. The maximum absolute atomic E-state index is 7.20. The van der Waals surface area contributed by atoms with Crippen molar-refractivity contribution in [2.75, 3.05) is 5.32 Å². The van der Waals surface area contributed by atoms with E-state index in [1.54, 1.807) is 0 Å². The predicted molar refractivity (Wildman–Crippen MR) is 270 cm³/mol. The van der Waals surface area contributed by atoms with Crippen LogP contribution in [0.25, 0.3) is 105 Å². The number of furan rings is 3. The van der Waals surface area contributed by atoms with Gasteiger partial charge in [-0.15, -0.1) is 0 Å². The van der Waals surface area contributed by atoms with E-state index in [4.69, 9.17) is 13.3 Å². The van der Waals surface area contributed by atoms with Crippen LogP contribution in [-0.2, 0) is 10.8 Å². The molecule has 64 heavy (non-hydrogen) atoms. The summed E-state index contributed by atoms with van der Waals surface area (Å²) in [6, 6.07) is 52.6. The van der Waals surface area contributed by atoms with Crippen molar-refractivity contribution in [1.29, 1.82) is 0 Å². The Hall–Kier alpha value is -7.44. The Labute approximate surface area is 371 Å². The number of anilines is 2. The summed E-state index contributed by atoms with van der Waals surface area (Å²) in [6.45, 7) is 13.6. The molecule has 8 aromatic carbocycles. The van der Waals surface area contributed by atoms with Gasteiger partial charge in [0.05, 0.1) is 28.4 Å². The minimum atomic E-state index is -0.0571.